The van der Waals surface area contributed by atoms with Gasteiger partial charge in [0.2, 0.25) is 0 Å². The van der Waals surface area contributed by atoms with Crippen LogP contribution in [0.1, 0.15) is 37.8 Å². The molecular weight excluding hydrogens is 170 g/mol. The molecular formula is C13H19N. The van der Waals surface area contributed by atoms with E-state index in [0.29, 0.717) is 6.04 Å². The first kappa shape index (κ1) is 9.72. The van der Waals surface area contributed by atoms with Gasteiger partial charge in [-0.25, -0.2) is 0 Å². The lowest BCUT2D eigenvalue weighted by Crippen LogP contribution is -2.33. The van der Waals surface area contributed by atoms with Crippen LogP contribution in [0.3, 0.4) is 0 Å². The number of benzene rings is 1. The van der Waals surface area contributed by atoms with E-state index in [1.165, 1.54) is 37.9 Å². The highest BCUT2D eigenvalue weighted by Crippen LogP contribution is 2.29. The normalized spacial score (nSPS) is 23.6. The van der Waals surface area contributed by atoms with E-state index in [2.05, 4.69) is 42.2 Å². The number of likely N-dealkylation sites (tertiary alicyclic amines) is 1. The Morgan fingerprint density at radius 2 is 2.00 bits per heavy atom. The number of piperidine rings is 1. The molecule has 0 aromatic heterocycles. The SMILES string of the molecule is CCN1CCCC[C@@H]1c1ccccc1. The molecule has 1 heterocycles. The van der Waals surface area contributed by atoms with E-state index in [4.69, 9.17) is 0 Å². The molecule has 14 heavy (non-hydrogen) atoms. The zero-order valence-corrected chi connectivity index (χ0v) is 8.95. The van der Waals surface area contributed by atoms with Gasteiger partial charge in [0.1, 0.15) is 0 Å². The fourth-order valence-corrected chi connectivity index (χ4v) is 2.42. The summed E-state index contributed by atoms with van der Waals surface area (Å²) in [6, 6.07) is 11.6. The molecule has 1 aliphatic heterocycles. The van der Waals surface area contributed by atoms with Gasteiger partial charge >= 0.3 is 0 Å². The molecule has 0 radical (unpaired) electrons. The van der Waals surface area contributed by atoms with Crippen molar-refractivity contribution in [1.29, 1.82) is 0 Å². The predicted molar refractivity (Wildman–Crippen MR) is 60.3 cm³/mol. The number of nitrogens with zero attached hydrogens (tertiary/aromatic N) is 1. The Hall–Kier alpha value is -0.820. The van der Waals surface area contributed by atoms with Crippen LogP contribution in [0, 0.1) is 0 Å². The number of hydrogen-bond donors (Lipinski definition) is 0. The molecule has 1 nitrogen and oxygen atoms in total. The van der Waals surface area contributed by atoms with Gasteiger partial charge in [0.15, 0.2) is 0 Å². The van der Waals surface area contributed by atoms with Crippen molar-refractivity contribution in [2.24, 2.45) is 0 Å². The summed E-state index contributed by atoms with van der Waals surface area (Å²) < 4.78 is 0. The summed E-state index contributed by atoms with van der Waals surface area (Å²) in [7, 11) is 0. The zero-order chi connectivity index (χ0) is 9.80. The summed E-state index contributed by atoms with van der Waals surface area (Å²) in [6.45, 7) is 4.72. The largest absolute Gasteiger partial charge is 0.297 e. The molecule has 1 saturated heterocycles. The van der Waals surface area contributed by atoms with Crippen molar-refractivity contribution in [3.05, 3.63) is 35.9 Å². The second-order valence-corrected chi connectivity index (χ2v) is 4.05. The minimum Gasteiger partial charge on any atom is -0.297 e. The second kappa shape index (κ2) is 4.61. The average Bonchev–Trinajstić information content (AvgIpc) is 2.30. The lowest BCUT2D eigenvalue weighted by Gasteiger charge is -2.35. The Labute approximate surface area is 86.7 Å². The maximum absolute atomic E-state index is 2.60. The molecule has 0 aliphatic carbocycles. The van der Waals surface area contributed by atoms with Crippen molar-refractivity contribution in [2.45, 2.75) is 32.2 Å². The third-order valence-electron chi connectivity index (χ3n) is 3.20. The minimum atomic E-state index is 0.676. The average molecular weight is 189 g/mol. The van der Waals surface area contributed by atoms with Crippen molar-refractivity contribution in [3.63, 3.8) is 0 Å². The van der Waals surface area contributed by atoms with Crippen molar-refractivity contribution in [1.82, 2.24) is 4.90 Å². The lowest BCUT2D eigenvalue weighted by atomic mass is 9.95. The third kappa shape index (κ3) is 1.98. The van der Waals surface area contributed by atoms with Gasteiger partial charge < -0.3 is 0 Å². The van der Waals surface area contributed by atoms with Gasteiger partial charge in [-0.2, -0.15) is 0 Å². The van der Waals surface area contributed by atoms with E-state index in [1.807, 2.05) is 0 Å². The van der Waals surface area contributed by atoms with E-state index in [9.17, 15) is 0 Å². The van der Waals surface area contributed by atoms with Crippen molar-refractivity contribution in [3.8, 4) is 0 Å². The summed E-state index contributed by atoms with van der Waals surface area (Å²) in [5.41, 5.74) is 1.49. The fraction of sp³-hybridized carbons (Fsp3) is 0.538. The van der Waals surface area contributed by atoms with Gasteiger partial charge in [0, 0.05) is 6.04 Å². The van der Waals surface area contributed by atoms with Crippen molar-refractivity contribution < 1.29 is 0 Å². The van der Waals surface area contributed by atoms with Crippen LogP contribution < -0.4 is 0 Å². The summed E-state index contributed by atoms with van der Waals surface area (Å²) in [5.74, 6) is 0. The molecule has 0 spiro atoms. The maximum atomic E-state index is 2.60. The van der Waals surface area contributed by atoms with Gasteiger partial charge in [-0.05, 0) is 31.5 Å². The summed E-state index contributed by atoms with van der Waals surface area (Å²) >= 11 is 0. The summed E-state index contributed by atoms with van der Waals surface area (Å²) in [5, 5.41) is 0. The molecule has 0 saturated carbocycles. The molecule has 0 N–H and O–H groups in total. The first-order valence-electron chi connectivity index (χ1n) is 5.71. The molecule has 0 unspecified atom stereocenters. The van der Waals surface area contributed by atoms with E-state index >= 15 is 0 Å². The van der Waals surface area contributed by atoms with Gasteiger partial charge in [-0.3, -0.25) is 4.90 Å². The molecule has 1 atom stereocenters. The Kier molecular flexibility index (Phi) is 3.20. The Bertz CT molecular complexity index is 268. The molecule has 1 heteroatoms. The Morgan fingerprint density at radius 3 is 2.71 bits per heavy atom. The molecule has 76 valence electrons. The molecule has 1 fully saturated rings. The molecule has 1 aromatic carbocycles. The Balaban J connectivity index is 2.15. The van der Waals surface area contributed by atoms with Crippen LogP contribution >= 0.6 is 0 Å². The van der Waals surface area contributed by atoms with Gasteiger partial charge in [0.05, 0.1) is 0 Å². The third-order valence-corrected chi connectivity index (χ3v) is 3.20. The number of hydrogen-bond acceptors (Lipinski definition) is 1. The highest BCUT2D eigenvalue weighted by atomic mass is 15.2. The summed E-state index contributed by atoms with van der Waals surface area (Å²) in [6.07, 6.45) is 4.09. The topological polar surface area (TPSA) is 3.24 Å². The Morgan fingerprint density at radius 1 is 1.21 bits per heavy atom. The van der Waals surface area contributed by atoms with Crippen LogP contribution in [0.15, 0.2) is 30.3 Å². The fourth-order valence-electron chi connectivity index (χ4n) is 2.42. The van der Waals surface area contributed by atoms with Gasteiger partial charge in [-0.1, -0.05) is 43.7 Å². The summed E-state index contributed by atoms with van der Waals surface area (Å²) in [4.78, 5) is 2.60. The maximum Gasteiger partial charge on any atom is 0.0348 e. The van der Waals surface area contributed by atoms with Crippen LogP contribution in [0.2, 0.25) is 0 Å². The highest BCUT2D eigenvalue weighted by molar-refractivity contribution is 5.19. The van der Waals surface area contributed by atoms with E-state index in [-0.39, 0.29) is 0 Å². The highest BCUT2D eigenvalue weighted by Gasteiger charge is 2.21. The minimum absolute atomic E-state index is 0.676. The molecule has 0 bridgehead atoms. The first-order valence-corrected chi connectivity index (χ1v) is 5.71. The predicted octanol–water partition coefficient (Wildman–Crippen LogP) is 3.23. The monoisotopic (exact) mass is 189 g/mol. The second-order valence-electron chi connectivity index (χ2n) is 4.05. The van der Waals surface area contributed by atoms with Gasteiger partial charge in [-0.15, -0.1) is 0 Å². The molecule has 0 amide bonds. The zero-order valence-electron chi connectivity index (χ0n) is 8.95. The quantitative estimate of drug-likeness (QED) is 0.690. The molecule has 1 aliphatic rings. The van der Waals surface area contributed by atoms with Crippen LogP contribution in [0.25, 0.3) is 0 Å². The molecule has 2 rings (SSSR count). The van der Waals surface area contributed by atoms with Crippen LogP contribution in [0.5, 0.6) is 0 Å². The van der Waals surface area contributed by atoms with E-state index in [0.717, 1.165) is 0 Å². The van der Waals surface area contributed by atoms with Crippen molar-refractivity contribution >= 4 is 0 Å². The first-order chi connectivity index (χ1) is 6.92. The van der Waals surface area contributed by atoms with Crippen LogP contribution in [-0.2, 0) is 0 Å². The smallest absolute Gasteiger partial charge is 0.0348 e. The standard InChI is InChI=1S/C13H19N/c1-2-14-11-7-6-10-13(14)12-8-4-3-5-9-12/h3-5,8-9,13H,2,6-7,10-11H2,1H3/t13-/m1/s1. The van der Waals surface area contributed by atoms with E-state index in [1.54, 1.807) is 0 Å². The van der Waals surface area contributed by atoms with E-state index < -0.39 is 0 Å². The number of rotatable bonds is 2. The van der Waals surface area contributed by atoms with Crippen LogP contribution in [-0.4, -0.2) is 18.0 Å². The lowest BCUT2D eigenvalue weighted by molar-refractivity contribution is 0.157. The van der Waals surface area contributed by atoms with Crippen molar-refractivity contribution in [2.75, 3.05) is 13.1 Å². The van der Waals surface area contributed by atoms with Gasteiger partial charge in [0.25, 0.3) is 0 Å². The van der Waals surface area contributed by atoms with Crippen LogP contribution in [0.4, 0.5) is 0 Å². The molecule has 1 aromatic rings.